The highest BCUT2D eigenvalue weighted by Crippen LogP contribution is 1.91. The summed E-state index contributed by atoms with van der Waals surface area (Å²) in [7, 11) is -2.78. The molecule has 1 N–H and O–H groups in total. The predicted octanol–water partition coefficient (Wildman–Crippen LogP) is 0.814. The van der Waals surface area contributed by atoms with Crippen LogP contribution < -0.4 is 5.32 Å². The predicted molar refractivity (Wildman–Crippen MR) is 59.9 cm³/mol. The van der Waals surface area contributed by atoms with Gasteiger partial charge in [-0.05, 0) is 19.9 Å². The van der Waals surface area contributed by atoms with Gasteiger partial charge in [-0.2, -0.15) is 0 Å². The first-order valence-corrected chi connectivity index (χ1v) is 6.75. The third-order valence-corrected chi connectivity index (χ3v) is 3.64. The van der Waals surface area contributed by atoms with Gasteiger partial charge >= 0.3 is 0 Å². The zero-order valence-corrected chi connectivity index (χ0v) is 9.78. The van der Waals surface area contributed by atoms with E-state index < -0.39 is 9.84 Å². The molecule has 0 aliphatic rings. The molecule has 0 aromatic carbocycles. The highest BCUT2D eigenvalue weighted by molar-refractivity contribution is 7.91. The molecule has 0 aliphatic carbocycles. The van der Waals surface area contributed by atoms with Gasteiger partial charge in [0.1, 0.15) is 9.84 Å². The van der Waals surface area contributed by atoms with Gasteiger partial charge in [0.2, 0.25) is 0 Å². The third kappa shape index (κ3) is 8.09. The van der Waals surface area contributed by atoms with Gasteiger partial charge in [-0.15, -0.1) is 11.8 Å². The highest BCUT2D eigenvalue weighted by atomic mass is 32.2. The van der Waals surface area contributed by atoms with E-state index in [1.54, 1.807) is 6.92 Å². The van der Waals surface area contributed by atoms with Crippen LogP contribution in [0.3, 0.4) is 0 Å². The summed E-state index contributed by atoms with van der Waals surface area (Å²) in [5.74, 6) is 6.27. The maximum Gasteiger partial charge on any atom is 0.150 e. The van der Waals surface area contributed by atoms with E-state index in [1.807, 2.05) is 6.92 Å². The quantitative estimate of drug-likeness (QED) is 0.507. The molecule has 0 bridgehead atoms. The Morgan fingerprint density at radius 2 is 2.00 bits per heavy atom. The molecule has 3 nitrogen and oxygen atoms in total. The van der Waals surface area contributed by atoms with Crippen molar-refractivity contribution < 1.29 is 8.42 Å². The third-order valence-electron chi connectivity index (χ3n) is 1.85. The van der Waals surface area contributed by atoms with Crippen molar-refractivity contribution in [1.29, 1.82) is 0 Å². The summed E-state index contributed by atoms with van der Waals surface area (Å²) in [5.41, 5.74) is 0. The number of sulfone groups is 1. The molecule has 0 unspecified atom stereocenters. The second-order valence-electron chi connectivity index (χ2n) is 3.02. The van der Waals surface area contributed by atoms with Crippen LogP contribution in [0.1, 0.15) is 26.7 Å². The van der Waals surface area contributed by atoms with Gasteiger partial charge in [0.05, 0.1) is 5.75 Å². The Kier molecular flexibility index (Phi) is 7.54. The second-order valence-corrected chi connectivity index (χ2v) is 5.49. The molecule has 0 heterocycles. The van der Waals surface area contributed by atoms with Gasteiger partial charge in [-0.3, -0.25) is 0 Å². The Hall–Kier alpha value is -0.530. The van der Waals surface area contributed by atoms with Gasteiger partial charge < -0.3 is 5.32 Å². The summed E-state index contributed by atoms with van der Waals surface area (Å²) < 4.78 is 22.2. The van der Waals surface area contributed by atoms with Gasteiger partial charge in [0.15, 0.2) is 0 Å². The largest absolute Gasteiger partial charge is 0.316 e. The minimum absolute atomic E-state index is 0.244. The fraction of sp³-hybridized carbons (Fsp3) is 0.800. The average Bonchev–Trinajstić information content (AvgIpc) is 2.16. The van der Waals surface area contributed by atoms with E-state index in [4.69, 9.17) is 0 Å². The lowest BCUT2D eigenvalue weighted by Crippen LogP contribution is -2.20. The molecule has 0 rings (SSSR count). The second kappa shape index (κ2) is 7.84. The maximum absolute atomic E-state index is 11.1. The molecule has 0 aliphatic heterocycles. The van der Waals surface area contributed by atoms with Crippen molar-refractivity contribution in [2.24, 2.45) is 0 Å². The number of nitrogens with one attached hydrogen (secondary N) is 1. The molecule has 0 aromatic heterocycles. The number of hydrogen-bond donors (Lipinski definition) is 1. The zero-order chi connectivity index (χ0) is 10.9. The molecule has 0 radical (unpaired) electrons. The van der Waals surface area contributed by atoms with Crippen LogP contribution in [-0.4, -0.2) is 33.0 Å². The summed E-state index contributed by atoms with van der Waals surface area (Å²) >= 11 is 0. The first-order valence-electron chi connectivity index (χ1n) is 4.93. The van der Waals surface area contributed by atoms with E-state index >= 15 is 0 Å². The lowest BCUT2D eigenvalue weighted by Gasteiger charge is -2.02. The number of hydrogen-bond acceptors (Lipinski definition) is 3. The topological polar surface area (TPSA) is 46.2 Å². The summed E-state index contributed by atoms with van der Waals surface area (Å²) in [6.45, 7) is 5.09. The van der Waals surface area contributed by atoms with Crippen molar-refractivity contribution >= 4 is 9.84 Å². The molecule has 4 heteroatoms. The fourth-order valence-electron chi connectivity index (χ4n) is 0.962. The van der Waals surface area contributed by atoms with Gasteiger partial charge in [-0.25, -0.2) is 8.42 Å². The van der Waals surface area contributed by atoms with Crippen LogP contribution in [0.5, 0.6) is 0 Å². The molecule has 0 saturated carbocycles. The molecule has 0 spiro atoms. The SMILES string of the molecule is CC#CCCNCCCS(=O)(=O)CC. The van der Waals surface area contributed by atoms with Crippen LogP contribution in [0.25, 0.3) is 0 Å². The van der Waals surface area contributed by atoms with Crippen molar-refractivity contribution in [3.63, 3.8) is 0 Å². The van der Waals surface area contributed by atoms with Crippen molar-refractivity contribution in [2.45, 2.75) is 26.7 Å². The highest BCUT2D eigenvalue weighted by Gasteiger charge is 2.05. The molecule has 0 aromatic rings. The van der Waals surface area contributed by atoms with E-state index in [1.165, 1.54) is 0 Å². The molecule has 82 valence electrons. The van der Waals surface area contributed by atoms with Crippen molar-refractivity contribution in [3.8, 4) is 11.8 Å². The van der Waals surface area contributed by atoms with E-state index in [2.05, 4.69) is 17.2 Å². The lowest BCUT2D eigenvalue weighted by molar-refractivity contribution is 0.590. The molecule has 0 atom stereocenters. The lowest BCUT2D eigenvalue weighted by atomic mass is 10.4. The summed E-state index contributed by atoms with van der Waals surface area (Å²) in [6.07, 6.45) is 1.52. The maximum atomic E-state index is 11.1. The molecule has 14 heavy (non-hydrogen) atoms. The van der Waals surface area contributed by atoms with Crippen molar-refractivity contribution in [2.75, 3.05) is 24.6 Å². The molecule has 0 amide bonds. The Bertz CT molecular complexity index is 285. The normalized spacial score (nSPS) is 10.7. The van der Waals surface area contributed by atoms with E-state index in [9.17, 15) is 8.42 Å². The molecule has 0 saturated heterocycles. The molecule has 0 fully saturated rings. The van der Waals surface area contributed by atoms with Crippen LogP contribution >= 0.6 is 0 Å². The Labute approximate surface area is 87.2 Å². The fourth-order valence-corrected chi connectivity index (χ4v) is 1.84. The number of rotatable bonds is 7. The van der Waals surface area contributed by atoms with Gasteiger partial charge in [0.25, 0.3) is 0 Å². The van der Waals surface area contributed by atoms with Crippen molar-refractivity contribution in [3.05, 3.63) is 0 Å². The van der Waals surface area contributed by atoms with Crippen LogP contribution in [0.15, 0.2) is 0 Å². The van der Waals surface area contributed by atoms with Gasteiger partial charge in [0, 0.05) is 18.7 Å². The smallest absolute Gasteiger partial charge is 0.150 e. The minimum Gasteiger partial charge on any atom is -0.316 e. The zero-order valence-electron chi connectivity index (χ0n) is 8.97. The first-order chi connectivity index (χ1) is 6.62. The minimum atomic E-state index is -2.78. The first kappa shape index (κ1) is 13.5. The van der Waals surface area contributed by atoms with Crippen LogP contribution in [0, 0.1) is 11.8 Å². The van der Waals surface area contributed by atoms with Gasteiger partial charge in [-0.1, -0.05) is 6.92 Å². The standard InChI is InChI=1S/C10H19NO2S/c1-3-5-6-8-11-9-7-10-14(12,13)4-2/h11H,4,6-10H2,1-2H3. The van der Waals surface area contributed by atoms with Crippen molar-refractivity contribution in [1.82, 2.24) is 5.32 Å². The van der Waals surface area contributed by atoms with Crippen LogP contribution in [-0.2, 0) is 9.84 Å². The summed E-state index contributed by atoms with van der Waals surface area (Å²) in [5, 5.41) is 3.15. The van der Waals surface area contributed by atoms with E-state index in [0.717, 1.165) is 19.5 Å². The Morgan fingerprint density at radius 1 is 1.29 bits per heavy atom. The Morgan fingerprint density at radius 3 is 2.57 bits per heavy atom. The summed E-state index contributed by atoms with van der Waals surface area (Å²) in [4.78, 5) is 0. The van der Waals surface area contributed by atoms with Crippen LogP contribution in [0.4, 0.5) is 0 Å². The molecular formula is C10H19NO2S. The van der Waals surface area contributed by atoms with E-state index in [0.29, 0.717) is 6.42 Å². The monoisotopic (exact) mass is 217 g/mol. The van der Waals surface area contributed by atoms with E-state index in [-0.39, 0.29) is 11.5 Å². The molecular weight excluding hydrogens is 198 g/mol. The average molecular weight is 217 g/mol. The van der Waals surface area contributed by atoms with Crippen LogP contribution in [0.2, 0.25) is 0 Å². The Balaban J connectivity index is 3.33. The summed E-state index contributed by atoms with van der Waals surface area (Å²) in [6, 6.07) is 0.